The molecule has 1 saturated carbocycles. The predicted molar refractivity (Wildman–Crippen MR) is 90.0 cm³/mol. The molecule has 0 saturated heterocycles. The number of halogens is 3. The van der Waals surface area contributed by atoms with Crippen LogP contribution in [0.4, 0.5) is 13.2 Å². The van der Waals surface area contributed by atoms with Gasteiger partial charge in [-0.1, -0.05) is 36.8 Å². The van der Waals surface area contributed by atoms with E-state index < -0.39 is 23.5 Å². The van der Waals surface area contributed by atoms with Gasteiger partial charge in [0, 0.05) is 6.54 Å². The Kier molecular flexibility index (Phi) is 5.87. The molecule has 0 bridgehead atoms. The van der Waals surface area contributed by atoms with Gasteiger partial charge in [0.1, 0.15) is 5.71 Å². The van der Waals surface area contributed by atoms with Gasteiger partial charge in [0.2, 0.25) is 0 Å². The van der Waals surface area contributed by atoms with Crippen LogP contribution in [-0.4, -0.2) is 29.2 Å². The molecule has 1 aliphatic rings. The SMILES string of the molecule is CC(c1ccccc1)N(CC1CCC1)C(=O)/C(N)=C/C(=N)C(F)(F)F. The molecule has 1 atom stereocenters. The van der Waals surface area contributed by atoms with Crippen LogP contribution >= 0.6 is 0 Å². The highest BCUT2D eigenvalue weighted by atomic mass is 19.4. The van der Waals surface area contributed by atoms with E-state index in [0.717, 1.165) is 24.8 Å². The largest absolute Gasteiger partial charge is 0.432 e. The number of allylic oxidation sites excluding steroid dienone is 1. The molecule has 1 amide bonds. The summed E-state index contributed by atoms with van der Waals surface area (Å²) in [7, 11) is 0. The number of nitrogens with one attached hydrogen (secondary N) is 1. The van der Waals surface area contributed by atoms with Crippen molar-refractivity contribution >= 4 is 11.6 Å². The lowest BCUT2D eigenvalue weighted by atomic mass is 9.84. The van der Waals surface area contributed by atoms with Crippen LogP contribution in [0.2, 0.25) is 0 Å². The molecule has 0 aromatic heterocycles. The highest BCUT2D eigenvalue weighted by Gasteiger charge is 2.34. The summed E-state index contributed by atoms with van der Waals surface area (Å²) in [6.07, 6.45) is -1.35. The van der Waals surface area contributed by atoms with E-state index in [9.17, 15) is 18.0 Å². The van der Waals surface area contributed by atoms with Gasteiger partial charge >= 0.3 is 6.18 Å². The second kappa shape index (κ2) is 7.72. The number of hydrogen-bond donors (Lipinski definition) is 2. The fourth-order valence-electron chi connectivity index (χ4n) is 2.75. The van der Waals surface area contributed by atoms with E-state index in [2.05, 4.69) is 0 Å². The van der Waals surface area contributed by atoms with Crippen LogP contribution < -0.4 is 5.73 Å². The quantitative estimate of drug-likeness (QED) is 0.603. The summed E-state index contributed by atoms with van der Waals surface area (Å²) >= 11 is 0. The summed E-state index contributed by atoms with van der Waals surface area (Å²) in [6, 6.07) is 8.95. The van der Waals surface area contributed by atoms with Gasteiger partial charge in [-0.15, -0.1) is 0 Å². The predicted octanol–water partition coefficient (Wildman–Crippen LogP) is 3.80. The van der Waals surface area contributed by atoms with Crippen molar-refractivity contribution in [3.8, 4) is 0 Å². The zero-order valence-electron chi connectivity index (χ0n) is 14.0. The van der Waals surface area contributed by atoms with Gasteiger partial charge in [-0.25, -0.2) is 0 Å². The van der Waals surface area contributed by atoms with Crippen molar-refractivity contribution in [3.05, 3.63) is 47.7 Å². The first-order valence-corrected chi connectivity index (χ1v) is 8.19. The zero-order chi connectivity index (χ0) is 18.6. The molecule has 1 unspecified atom stereocenters. The topological polar surface area (TPSA) is 70.2 Å². The van der Waals surface area contributed by atoms with E-state index in [0.29, 0.717) is 18.5 Å². The molecule has 0 spiro atoms. The standard InChI is InChI=1S/C18H22F3N3O/c1-12(14-8-3-2-4-9-14)24(11-13-6-5-7-13)17(25)15(22)10-16(23)18(19,20)21/h2-4,8-10,12-13,23H,5-7,11,22H2,1H3/b15-10-,23-16?. The minimum Gasteiger partial charge on any atom is -0.394 e. The third-order valence-electron chi connectivity index (χ3n) is 4.54. The van der Waals surface area contributed by atoms with Crippen LogP contribution in [0.25, 0.3) is 0 Å². The van der Waals surface area contributed by atoms with Gasteiger partial charge in [0.15, 0.2) is 0 Å². The molecule has 1 aliphatic carbocycles. The van der Waals surface area contributed by atoms with E-state index in [1.54, 1.807) is 0 Å². The lowest BCUT2D eigenvalue weighted by molar-refractivity contribution is -0.130. The zero-order valence-corrected chi connectivity index (χ0v) is 14.0. The van der Waals surface area contributed by atoms with Crippen molar-refractivity contribution in [2.24, 2.45) is 11.7 Å². The third-order valence-corrected chi connectivity index (χ3v) is 4.54. The molecule has 4 nitrogen and oxygen atoms in total. The van der Waals surface area contributed by atoms with Crippen molar-refractivity contribution in [2.75, 3.05) is 6.54 Å². The number of rotatable bonds is 6. The molecular formula is C18H22F3N3O. The Balaban J connectivity index is 2.23. The van der Waals surface area contributed by atoms with Crippen molar-refractivity contribution < 1.29 is 18.0 Å². The van der Waals surface area contributed by atoms with Gasteiger partial charge in [-0.3, -0.25) is 10.2 Å². The van der Waals surface area contributed by atoms with Gasteiger partial charge < -0.3 is 10.6 Å². The number of carbonyl (C=O) groups excluding carboxylic acids is 1. The van der Waals surface area contributed by atoms with E-state index >= 15 is 0 Å². The maximum absolute atomic E-state index is 12.7. The van der Waals surface area contributed by atoms with Crippen molar-refractivity contribution in [1.29, 1.82) is 5.41 Å². The van der Waals surface area contributed by atoms with Crippen LogP contribution in [0.3, 0.4) is 0 Å². The van der Waals surface area contributed by atoms with Crippen LogP contribution in [0.15, 0.2) is 42.1 Å². The Morgan fingerprint density at radius 3 is 2.44 bits per heavy atom. The Bertz CT molecular complexity index is 651. The summed E-state index contributed by atoms with van der Waals surface area (Å²) in [5.41, 5.74) is 4.28. The van der Waals surface area contributed by atoms with Gasteiger partial charge in [-0.2, -0.15) is 13.2 Å². The van der Waals surface area contributed by atoms with Crippen molar-refractivity contribution in [1.82, 2.24) is 4.90 Å². The number of benzene rings is 1. The molecular weight excluding hydrogens is 331 g/mol. The molecule has 136 valence electrons. The van der Waals surface area contributed by atoms with E-state index in [1.807, 2.05) is 37.3 Å². The molecule has 0 heterocycles. The fourth-order valence-corrected chi connectivity index (χ4v) is 2.75. The summed E-state index contributed by atoms with van der Waals surface area (Å²) in [4.78, 5) is 14.2. The Morgan fingerprint density at radius 1 is 1.36 bits per heavy atom. The molecule has 25 heavy (non-hydrogen) atoms. The number of nitrogens with zero attached hydrogens (tertiary/aromatic N) is 1. The van der Waals surface area contributed by atoms with Crippen molar-refractivity contribution in [2.45, 2.75) is 38.4 Å². The molecule has 1 aromatic carbocycles. The first-order valence-electron chi connectivity index (χ1n) is 8.19. The number of amides is 1. The number of alkyl halides is 3. The van der Waals surface area contributed by atoms with Gasteiger partial charge in [0.25, 0.3) is 5.91 Å². The molecule has 3 N–H and O–H groups in total. The monoisotopic (exact) mass is 353 g/mol. The fraction of sp³-hybridized carbons (Fsp3) is 0.444. The molecule has 2 rings (SSSR count). The van der Waals surface area contributed by atoms with Crippen LogP contribution in [-0.2, 0) is 4.79 Å². The van der Waals surface area contributed by atoms with Crippen LogP contribution in [0.1, 0.15) is 37.8 Å². The van der Waals surface area contributed by atoms with E-state index in [1.165, 1.54) is 4.90 Å². The first-order chi connectivity index (χ1) is 11.7. The molecule has 0 radical (unpaired) electrons. The Hall–Kier alpha value is -2.31. The number of nitrogens with two attached hydrogens (primary N) is 1. The van der Waals surface area contributed by atoms with Crippen LogP contribution in [0, 0.1) is 11.3 Å². The van der Waals surface area contributed by atoms with Crippen LogP contribution in [0.5, 0.6) is 0 Å². The van der Waals surface area contributed by atoms with Gasteiger partial charge in [-0.05, 0) is 37.3 Å². The molecule has 1 fully saturated rings. The number of hydrogen-bond acceptors (Lipinski definition) is 3. The Labute approximate surface area is 145 Å². The normalized spacial score (nSPS) is 16.9. The average Bonchev–Trinajstić information content (AvgIpc) is 2.52. The lowest BCUT2D eigenvalue weighted by Crippen LogP contribution is -2.41. The van der Waals surface area contributed by atoms with E-state index in [4.69, 9.17) is 11.1 Å². The average molecular weight is 353 g/mol. The summed E-state index contributed by atoms with van der Waals surface area (Å²) in [6.45, 7) is 2.27. The van der Waals surface area contributed by atoms with Gasteiger partial charge in [0.05, 0.1) is 11.7 Å². The highest BCUT2D eigenvalue weighted by Crippen LogP contribution is 2.31. The molecule has 1 aromatic rings. The summed E-state index contributed by atoms with van der Waals surface area (Å²) < 4.78 is 37.6. The third kappa shape index (κ3) is 4.84. The summed E-state index contributed by atoms with van der Waals surface area (Å²) in [5, 5.41) is 7.01. The first kappa shape index (κ1) is 19.0. The highest BCUT2D eigenvalue weighted by molar-refractivity contribution is 6.04. The maximum Gasteiger partial charge on any atom is 0.432 e. The summed E-state index contributed by atoms with van der Waals surface area (Å²) in [5.74, 6) is -0.331. The molecule has 0 aliphatic heterocycles. The minimum absolute atomic E-state index is 0.318. The smallest absolute Gasteiger partial charge is 0.394 e. The van der Waals surface area contributed by atoms with E-state index in [-0.39, 0.29) is 6.04 Å². The molecule has 7 heteroatoms. The van der Waals surface area contributed by atoms with Crippen molar-refractivity contribution in [3.63, 3.8) is 0 Å². The second-order valence-corrected chi connectivity index (χ2v) is 6.35. The Morgan fingerprint density at radius 2 is 1.96 bits per heavy atom. The maximum atomic E-state index is 12.7. The number of carbonyl (C=O) groups is 1. The minimum atomic E-state index is -4.82. The second-order valence-electron chi connectivity index (χ2n) is 6.35. The lowest BCUT2D eigenvalue weighted by Gasteiger charge is -2.36.